The molecule has 2 aromatic heterocycles. The average molecular weight is 388 g/mol. The Morgan fingerprint density at radius 1 is 1.24 bits per heavy atom. The molecule has 144 valence electrons. The summed E-state index contributed by atoms with van der Waals surface area (Å²) in [7, 11) is 2.75. The number of hydrogen-bond acceptors (Lipinski definition) is 7. The first-order valence-corrected chi connectivity index (χ1v) is 8.61. The molecule has 0 fully saturated rings. The van der Waals surface area contributed by atoms with Crippen molar-refractivity contribution in [3.8, 4) is 29.0 Å². The van der Waals surface area contributed by atoms with Crippen LogP contribution in [-0.4, -0.2) is 29.7 Å². The first kappa shape index (κ1) is 18.1. The van der Waals surface area contributed by atoms with E-state index in [9.17, 15) is 10.1 Å². The Hall–Kier alpha value is -4.25. The fourth-order valence-corrected chi connectivity index (χ4v) is 3.11. The normalized spacial score (nSPS) is 10.7. The molecular formula is C21H16N4O4. The van der Waals surface area contributed by atoms with Crippen molar-refractivity contribution in [2.75, 3.05) is 20.0 Å². The molecule has 0 spiro atoms. The summed E-state index contributed by atoms with van der Waals surface area (Å²) < 4.78 is 17.6. The number of nitrogens with two attached hydrogens (primary N) is 1. The lowest BCUT2D eigenvalue weighted by molar-refractivity contribution is 0.0593. The van der Waals surface area contributed by atoms with E-state index in [0.717, 1.165) is 5.52 Å². The highest BCUT2D eigenvalue weighted by Crippen LogP contribution is 2.34. The van der Waals surface area contributed by atoms with E-state index in [1.165, 1.54) is 25.0 Å². The molecule has 0 unspecified atom stereocenters. The van der Waals surface area contributed by atoms with Crippen molar-refractivity contribution in [2.45, 2.75) is 0 Å². The highest BCUT2D eigenvalue weighted by atomic mass is 16.5. The number of anilines is 1. The van der Waals surface area contributed by atoms with Crippen molar-refractivity contribution < 1.29 is 18.7 Å². The number of carbonyl (C=O) groups excluding carboxylic acids is 1. The number of nitrogen functional groups attached to an aromatic ring is 1. The Morgan fingerprint density at radius 3 is 2.72 bits per heavy atom. The maximum atomic E-state index is 12.3. The molecule has 2 aromatic carbocycles. The van der Waals surface area contributed by atoms with Gasteiger partial charge in [-0.3, -0.25) is 0 Å². The second-order valence-corrected chi connectivity index (χ2v) is 6.15. The van der Waals surface area contributed by atoms with E-state index in [-0.39, 0.29) is 16.9 Å². The fraction of sp³-hybridized carbons (Fsp3) is 0.0952. The Morgan fingerprint density at radius 2 is 2.03 bits per heavy atom. The van der Waals surface area contributed by atoms with Crippen molar-refractivity contribution >= 4 is 22.8 Å². The first-order valence-electron chi connectivity index (χ1n) is 8.61. The Bertz CT molecular complexity index is 1250. The number of para-hydroxylation sites is 2. The van der Waals surface area contributed by atoms with Gasteiger partial charge in [0, 0.05) is 11.8 Å². The number of methoxy groups -OCH3 is 2. The Kier molecular flexibility index (Phi) is 4.41. The molecule has 2 heterocycles. The van der Waals surface area contributed by atoms with Crippen LogP contribution in [0.3, 0.4) is 0 Å². The quantitative estimate of drug-likeness (QED) is 0.532. The van der Waals surface area contributed by atoms with Gasteiger partial charge in [-0.05, 0) is 30.3 Å². The minimum absolute atomic E-state index is 0.0358. The maximum Gasteiger partial charge on any atom is 0.357 e. The molecular weight excluding hydrogens is 372 g/mol. The summed E-state index contributed by atoms with van der Waals surface area (Å²) in [6.45, 7) is 0. The molecule has 0 amide bonds. The molecule has 0 atom stereocenters. The zero-order valence-corrected chi connectivity index (χ0v) is 15.7. The summed E-state index contributed by atoms with van der Waals surface area (Å²) in [5, 5.41) is 9.35. The number of hydrogen-bond donors (Lipinski definition) is 1. The van der Waals surface area contributed by atoms with Gasteiger partial charge in [0.15, 0.2) is 11.3 Å². The van der Waals surface area contributed by atoms with E-state index in [2.05, 4.69) is 4.98 Å². The van der Waals surface area contributed by atoms with Crippen LogP contribution in [0.1, 0.15) is 16.1 Å². The van der Waals surface area contributed by atoms with Gasteiger partial charge in [-0.15, -0.1) is 0 Å². The van der Waals surface area contributed by atoms with Crippen molar-refractivity contribution in [1.29, 1.82) is 5.26 Å². The number of ether oxygens (including phenoxy) is 2. The Balaban J connectivity index is 1.94. The van der Waals surface area contributed by atoms with Crippen LogP contribution in [0.2, 0.25) is 0 Å². The lowest BCUT2D eigenvalue weighted by Gasteiger charge is -2.13. The van der Waals surface area contributed by atoms with Crippen molar-refractivity contribution in [3.05, 3.63) is 59.9 Å². The Labute approximate surface area is 165 Å². The summed E-state index contributed by atoms with van der Waals surface area (Å²) in [4.78, 5) is 16.8. The molecule has 4 aromatic rings. The van der Waals surface area contributed by atoms with E-state index >= 15 is 0 Å². The third kappa shape index (κ3) is 2.95. The summed E-state index contributed by atoms with van der Waals surface area (Å²) in [5.41, 5.74) is 8.77. The van der Waals surface area contributed by atoms with Crippen LogP contribution >= 0.6 is 0 Å². The van der Waals surface area contributed by atoms with E-state index in [0.29, 0.717) is 28.5 Å². The molecule has 0 aliphatic heterocycles. The lowest BCUT2D eigenvalue weighted by Crippen LogP contribution is -2.11. The number of oxazole rings is 1. The fourth-order valence-electron chi connectivity index (χ4n) is 3.11. The monoisotopic (exact) mass is 388 g/mol. The van der Waals surface area contributed by atoms with Gasteiger partial charge in [-0.2, -0.15) is 5.26 Å². The van der Waals surface area contributed by atoms with Crippen LogP contribution in [-0.2, 0) is 4.74 Å². The second-order valence-electron chi connectivity index (χ2n) is 6.15. The van der Waals surface area contributed by atoms with Gasteiger partial charge in [0.2, 0.25) is 5.89 Å². The molecule has 29 heavy (non-hydrogen) atoms. The number of carbonyl (C=O) groups is 1. The van der Waals surface area contributed by atoms with Gasteiger partial charge in [0.1, 0.15) is 17.3 Å². The first-order chi connectivity index (χ1) is 14.1. The maximum absolute atomic E-state index is 12.3. The molecule has 8 nitrogen and oxygen atoms in total. The minimum atomic E-state index is -0.668. The van der Waals surface area contributed by atoms with Gasteiger partial charge < -0.3 is 24.2 Å². The molecule has 0 aliphatic rings. The van der Waals surface area contributed by atoms with E-state index in [4.69, 9.17) is 19.6 Å². The lowest BCUT2D eigenvalue weighted by atomic mass is 10.1. The summed E-state index contributed by atoms with van der Waals surface area (Å²) >= 11 is 0. The minimum Gasteiger partial charge on any atom is -0.495 e. The van der Waals surface area contributed by atoms with Crippen LogP contribution < -0.4 is 10.5 Å². The van der Waals surface area contributed by atoms with Crippen LogP contribution in [0, 0.1) is 11.3 Å². The standard InChI is InChI=1S/C21H16N4O4/c1-27-17-8-7-12(20-24-14-5-3-4-6-16(14)29-20)9-15(17)25-11-13(10-22)18(23)19(25)21(26)28-2/h3-9,11H,23H2,1-2H3. The highest BCUT2D eigenvalue weighted by Gasteiger charge is 2.24. The second kappa shape index (κ2) is 7.05. The van der Waals surface area contributed by atoms with Crippen LogP contribution in [0.15, 0.2) is 53.1 Å². The van der Waals surface area contributed by atoms with Gasteiger partial charge >= 0.3 is 5.97 Å². The van der Waals surface area contributed by atoms with E-state index < -0.39 is 5.97 Å². The summed E-state index contributed by atoms with van der Waals surface area (Å²) in [6, 6.07) is 14.7. The third-order valence-electron chi connectivity index (χ3n) is 4.52. The van der Waals surface area contributed by atoms with Gasteiger partial charge in [-0.1, -0.05) is 12.1 Å². The highest BCUT2D eigenvalue weighted by molar-refractivity contribution is 5.96. The largest absolute Gasteiger partial charge is 0.495 e. The zero-order valence-electron chi connectivity index (χ0n) is 15.7. The molecule has 4 rings (SSSR count). The third-order valence-corrected chi connectivity index (χ3v) is 4.52. The van der Waals surface area contributed by atoms with Gasteiger partial charge in [0.25, 0.3) is 0 Å². The molecule has 0 saturated heterocycles. The smallest absolute Gasteiger partial charge is 0.357 e. The van der Waals surface area contributed by atoms with E-state index in [1.54, 1.807) is 18.2 Å². The molecule has 0 bridgehead atoms. The van der Waals surface area contributed by atoms with Crippen LogP contribution in [0.4, 0.5) is 5.69 Å². The predicted molar refractivity (Wildman–Crippen MR) is 106 cm³/mol. The van der Waals surface area contributed by atoms with Gasteiger partial charge in [-0.25, -0.2) is 9.78 Å². The van der Waals surface area contributed by atoms with Crippen LogP contribution in [0.25, 0.3) is 28.2 Å². The zero-order chi connectivity index (χ0) is 20.5. The number of aromatic nitrogens is 2. The summed E-state index contributed by atoms with van der Waals surface area (Å²) in [5.74, 6) is 0.211. The molecule has 0 aliphatic carbocycles. The molecule has 8 heteroatoms. The van der Waals surface area contributed by atoms with E-state index in [1.807, 2.05) is 30.3 Å². The number of fused-ring (bicyclic) bond motifs is 1. The van der Waals surface area contributed by atoms with Crippen molar-refractivity contribution in [3.63, 3.8) is 0 Å². The van der Waals surface area contributed by atoms with Crippen LogP contribution in [0.5, 0.6) is 5.75 Å². The number of benzene rings is 2. The van der Waals surface area contributed by atoms with Gasteiger partial charge in [0.05, 0.1) is 31.2 Å². The average Bonchev–Trinajstić information content (AvgIpc) is 3.33. The summed E-state index contributed by atoms with van der Waals surface area (Å²) in [6.07, 6.45) is 1.47. The molecule has 0 radical (unpaired) electrons. The SMILES string of the molecule is COC(=O)c1c(N)c(C#N)cn1-c1cc(-c2nc3ccccc3o2)ccc1OC. The van der Waals surface area contributed by atoms with Crippen molar-refractivity contribution in [2.24, 2.45) is 0 Å². The predicted octanol–water partition coefficient (Wildman–Crippen LogP) is 3.53. The van der Waals surface area contributed by atoms with Crippen molar-refractivity contribution in [1.82, 2.24) is 9.55 Å². The topological polar surface area (TPSA) is 116 Å². The molecule has 0 saturated carbocycles. The number of esters is 1. The number of nitriles is 1. The number of rotatable bonds is 4. The number of nitrogens with zero attached hydrogens (tertiary/aromatic N) is 3. The molecule has 2 N–H and O–H groups in total.